The van der Waals surface area contributed by atoms with Gasteiger partial charge in [-0.3, -0.25) is 4.79 Å². The predicted molar refractivity (Wildman–Crippen MR) is 79.8 cm³/mol. The van der Waals surface area contributed by atoms with Crippen molar-refractivity contribution in [2.75, 3.05) is 0 Å². The monoisotopic (exact) mass is 300 g/mol. The molecule has 0 atom stereocenters. The van der Waals surface area contributed by atoms with Crippen molar-refractivity contribution >= 4 is 11.9 Å². The van der Waals surface area contributed by atoms with Crippen LogP contribution in [0.5, 0.6) is 0 Å². The molecular weight excluding hydrogens is 284 g/mol. The molecule has 22 heavy (non-hydrogen) atoms. The van der Waals surface area contributed by atoms with E-state index in [2.05, 4.69) is 16.9 Å². The molecule has 0 unspecified atom stereocenters. The van der Waals surface area contributed by atoms with Crippen LogP contribution >= 0.6 is 0 Å². The molecule has 6 nitrogen and oxygen atoms in total. The first kappa shape index (κ1) is 15.5. The predicted octanol–water partition coefficient (Wildman–Crippen LogP) is 2.54. The molecule has 0 aliphatic rings. The van der Waals surface area contributed by atoms with Crippen LogP contribution in [-0.2, 0) is 9.53 Å². The zero-order valence-electron chi connectivity index (χ0n) is 12.3. The van der Waals surface area contributed by atoms with Crippen LogP contribution in [0.15, 0.2) is 53.3 Å². The molecule has 0 aliphatic heterocycles. The summed E-state index contributed by atoms with van der Waals surface area (Å²) in [5.74, 6) is -0.951. The number of hydrogen-bond donors (Lipinski definition) is 1. The molecule has 1 aromatic carbocycles. The molecule has 0 radical (unpaired) electrons. The molecule has 1 amide bonds. The molecule has 0 spiro atoms. The van der Waals surface area contributed by atoms with Gasteiger partial charge < -0.3 is 14.5 Å². The lowest BCUT2D eigenvalue weighted by Gasteiger charge is -2.09. The van der Waals surface area contributed by atoms with Gasteiger partial charge in [-0.1, -0.05) is 24.8 Å². The molecule has 1 N–H and O–H groups in total. The zero-order valence-corrected chi connectivity index (χ0v) is 12.3. The van der Waals surface area contributed by atoms with Gasteiger partial charge in [-0.25, -0.2) is 9.78 Å². The summed E-state index contributed by atoms with van der Waals surface area (Å²) in [6.45, 7) is 6.88. The third-order valence-corrected chi connectivity index (χ3v) is 2.61. The molecule has 0 bridgehead atoms. The van der Waals surface area contributed by atoms with Crippen LogP contribution in [0.3, 0.4) is 0 Å². The zero-order chi connectivity index (χ0) is 16.1. The van der Waals surface area contributed by atoms with Crippen LogP contribution < -0.4 is 5.32 Å². The van der Waals surface area contributed by atoms with E-state index in [0.29, 0.717) is 5.89 Å². The Morgan fingerprint density at radius 3 is 2.59 bits per heavy atom. The second-order valence-electron chi connectivity index (χ2n) is 4.79. The Hall–Kier alpha value is -2.89. The smallest absolute Gasteiger partial charge is 0.354 e. The van der Waals surface area contributed by atoms with Crippen molar-refractivity contribution in [3.05, 3.63) is 54.6 Å². The van der Waals surface area contributed by atoms with E-state index in [1.807, 2.05) is 30.3 Å². The van der Waals surface area contributed by atoms with Gasteiger partial charge in [-0.2, -0.15) is 0 Å². The summed E-state index contributed by atoms with van der Waals surface area (Å²) in [5, 5.41) is 2.34. The fraction of sp³-hybridized carbons (Fsp3) is 0.188. The second-order valence-corrected chi connectivity index (χ2v) is 4.79. The van der Waals surface area contributed by atoms with Crippen LogP contribution in [0.4, 0.5) is 0 Å². The summed E-state index contributed by atoms with van der Waals surface area (Å²) < 4.78 is 10.2. The van der Waals surface area contributed by atoms with E-state index < -0.39 is 11.9 Å². The van der Waals surface area contributed by atoms with Crippen molar-refractivity contribution in [1.29, 1.82) is 0 Å². The number of nitrogens with zero attached hydrogens (tertiary/aromatic N) is 1. The molecule has 0 fully saturated rings. The lowest BCUT2D eigenvalue weighted by atomic mass is 10.2. The Morgan fingerprint density at radius 1 is 1.27 bits per heavy atom. The van der Waals surface area contributed by atoms with E-state index in [0.717, 1.165) is 5.56 Å². The number of carbonyl (C=O) groups is 2. The summed E-state index contributed by atoms with van der Waals surface area (Å²) in [6.07, 6.45) is 0.927. The van der Waals surface area contributed by atoms with Crippen molar-refractivity contribution in [2.24, 2.45) is 0 Å². The SMILES string of the molecule is C=C(NC(=O)c1coc(-c2ccccc2)n1)C(=O)OC(C)C. The number of nitrogens with one attached hydrogen (secondary N) is 1. The van der Waals surface area contributed by atoms with Crippen molar-refractivity contribution in [1.82, 2.24) is 10.3 Å². The van der Waals surface area contributed by atoms with E-state index in [9.17, 15) is 9.59 Å². The molecule has 1 aromatic heterocycles. The molecule has 2 aromatic rings. The average Bonchev–Trinajstić information content (AvgIpc) is 2.97. The van der Waals surface area contributed by atoms with Gasteiger partial charge in [0, 0.05) is 5.56 Å². The first-order chi connectivity index (χ1) is 10.5. The Bertz CT molecular complexity index is 689. The van der Waals surface area contributed by atoms with Gasteiger partial charge in [-0.15, -0.1) is 0 Å². The summed E-state index contributed by atoms with van der Waals surface area (Å²) in [7, 11) is 0. The maximum Gasteiger partial charge on any atom is 0.354 e. The molecule has 6 heteroatoms. The highest BCUT2D eigenvalue weighted by Gasteiger charge is 2.18. The Kier molecular flexibility index (Phi) is 4.73. The van der Waals surface area contributed by atoms with E-state index >= 15 is 0 Å². The Labute approximate surface area is 127 Å². The molecular formula is C16H16N2O4. The largest absolute Gasteiger partial charge is 0.458 e. The topological polar surface area (TPSA) is 81.4 Å². The lowest BCUT2D eigenvalue weighted by molar-refractivity contribution is -0.142. The summed E-state index contributed by atoms with van der Waals surface area (Å²) in [6, 6.07) is 9.16. The normalized spacial score (nSPS) is 10.3. The van der Waals surface area contributed by atoms with Gasteiger partial charge >= 0.3 is 5.97 Å². The standard InChI is InChI=1S/C16H16N2O4/c1-10(2)22-16(20)11(3)17-14(19)13-9-21-15(18-13)12-7-5-4-6-8-12/h4-10H,3H2,1-2H3,(H,17,19). The van der Waals surface area contributed by atoms with Crippen molar-refractivity contribution in [3.63, 3.8) is 0 Å². The van der Waals surface area contributed by atoms with E-state index in [-0.39, 0.29) is 17.5 Å². The number of oxazole rings is 1. The highest BCUT2D eigenvalue weighted by atomic mass is 16.5. The summed E-state index contributed by atoms with van der Waals surface area (Å²) in [4.78, 5) is 27.6. The fourth-order valence-corrected chi connectivity index (χ4v) is 1.63. The molecule has 0 aliphatic carbocycles. The van der Waals surface area contributed by atoms with E-state index in [1.54, 1.807) is 13.8 Å². The quantitative estimate of drug-likeness (QED) is 0.678. The second kappa shape index (κ2) is 6.71. The number of carbonyl (C=O) groups excluding carboxylic acids is 2. The molecule has 1 heterocycles. The lowest BCUT2D eigenvalue weighted by Crippen LogP contribution is -2.29. The summed E-state index contributed by atoms with van der Waals surface area (Å²) >= 11 is 0. The summed E-state index contributed by atoms with van der Waals surface area (Å²) in [5.41, 5.74) is 0.653. The van der Waals surface area contributed by atoms with E-state index in [4.69, 9.17) is 9.15 Å². The van der Waals surface area contributed by atoms with Gasteiger partial charge in [0.2, 0.25) is 5.89 Å². The highest BCUT2D eigenvalue weighted by molar-refractivity contribution is 5.99. The van der Waals surface area contributed by atoms with Gasteiger partial charge in [0.15, 0.2) is 5.69 Å². The van der Waals surface area contributed by atoms with Crippen LogP contribution in [0.25, 0.3) is 11.5 Å². The van der Waals surface area contributed by atoms with Gasteiger partial charge in [0.25, 0.3) is 5.91 Å². The number of benzene rings is 1. The van der Waals surface area contributed by atoms with Gasteiger partial charge in [0.1, 0.15) is 12.0 Å². The van der Waals surface area contributed by atoms with Gasteiger partial charge in [-0.05, 0) is 26.0 Å². The number of ether oxygens (including phenoxy) is 1. The van der Waals surface area contributed by atoms with Crippen LogP contribution in [-0.4, -0.2) is 23.0 Å². The van der Waals surface area contributed by atoms with Crippen LogP contribution in [0, 0.1) is 0 Å². The van der Waals surface area contributed by atoms with Gasteiger partial charge in [0.05, 0.1) is 6.10 Å². The number of amides is 1. The molecule has 2 rings (SSSR count). The fourth-order valence-electron chi connectivity index (χ4n) is 1.63. The highest BCUT2D eigenvalue weighted by Crippen LogP contribution is 2.17. The Balaban J connectivity index is 2.04. The number of aromatic nitrogens is 1. The van der Waals surface area contributed by atoms with Crippen molar-refractivity contribution < 1.29 is 18.7 Å². The van der Waals surface area contributed by atoms with Crippen LogP contribution in [0.1, 0.15) is 24.3 Å². The van der Waals surface area contributed by atoms with Crippen LogP contribution in [0.2, 0.25) is 0 Å². The number of rotatable bonds is 5. The molecule has 0 saturated carbocycles. The first-order valence-corrected chi connectivity index (χ1v) is 6.69. The average molecular weight is 300 g/mol. The maximum atomic E-state index is 12.0. The third kappa shape index (κ3) is 3.82. The molecule has 0 saturated heterocycles. The number of hydrogen-bond acceptors (Lipinski definition) is 5. The van der Waals surface area contributed by atoms with Crippen molar-refractivity contribution in [3.8, 4) is 11.5 Å². The Morgan fingerprint density at radius 2 is 1.95 bits per heavy atom. The first-order valence-electron chi connectivity index (χ1n) is 6.69. The minimum atomic E-state index is -0.685. The minimum Gasteiger partial charge on any atom is -0.458 e. The maximum absolute atomic E-state index is 12.0. The number of esters is 1. The van der Waals surface area contributed by atoms with Crippen molar-refractivity contribution in [2.45, 2.75) is 20.0 Å². The molecule has 114 valence electrons. The minimum absolute atomic E-state index is 0.0531. The third-order valence-electron chi connectivity index (χ3n) is 2.61. The van der Waals surface area contributed by atoms with E-state index in [1.165, 1.54) is 6.26 Å².